The van der Waals surface area contributed by atoms with Gasteiger partial charge in [0.15, 0.2) is 0 Å². The number of nitrogen functional groups attached to an aromatic ring is 2. The molecular weight excluding hydrogens is 384 g/mol. The molecule has 0 aliphatic rings. The van der Waals surface area contributed by atoms with Crippen LogP contribution in [0.1, 0.15) is 27.8 Å². The summed E-state index contributed by atoms with van der Waals surface area (Å²) in [6, 6.07) is 18.0. The maximum Gasteiger partial charge on any atom is 0.295 e. The van der Waals surface area contributed by atoms with E-state index in [9.17, 15) is 13.0 Å². The van der Waals surface area contributed by atoms with Gasteiger partial charge >= 0.3 is 0 Å². The zero-order valence-electron chi connectivity index (χ0n) is 15.9. The first-order valence-corrected chi connectivity index (χ1v) is 10.4. The molecule has 0 unspecified atom stereocenters. The van der Waals surface area contributed by atoms with Gasteiger partial charge in [0.05, 0.1) is 0 Å². The summed E-state index contributed by atoms with van der Waals surface area (Å²) in [5.41, 5.74) is 16.9. The lowest BCUT2D eigenvalue weighted by molar-refractivity contribution is 0.483. The molecule has 5 N–H and O–H groups in total. The van der Waals surface area contributed by atoms with Gasteiger partial charge in [-0.15, -0.1) is 0 Å². The molecule has 0 heterocycles. The van der Waals surface area contributed by atoms with Crippen LogP contribution in [0.5, 0.6) is 0 Å². The zero-order valence-corrected chi connectivity index (χ0v) is 16.7. The molecule has 3 rings (SSSR count). The van der Waals surface area contributed by atoms with Crippen molar-refractivity contribution in [2.45, 2.75) is 11.8 Å². The Morgan fingerprint density at radius 3 is 1.72 bits per heavy atom. The summed E-state index contributed by atoms with van der Waals surface area (Å²) in [7, 11) is -4.36. The van der Waals surface area contributed by atoms with Crippen LogP contribution in [0.4, 0.5) is 11.4 Å². The molecule has 0 aromatic heterocycles. The van der Waals surface area contributed by atoms with Crippen molar-refractivity contribution in [1.82, 2.24) is 0 Å². The standard InChI is InChI=1S/C23H22N2O3S/c1-16-14-21(24)12-10-19(16)8-6-17-2-4-18(5-3-17)7-9-20-11-13-22(25)15-23(20)29(26,27)28/h2-15H,24-25H2,1H3,(H,26,27,28)/b8-6+,9-7+. The molecule has 0 radical (unpaired) electrons. The van der Waals surface area contributed by atoms with Crippen molar-refractivity contribution >= 4 is 45.8 Å². The number of benzene rings is 3. The third-order valence-electron chi connectivity index (χ3n) is 4.46. The number of nitrogens with two attached hydrogens (primary N) is 2. The SMILES string of the molecule is Cc1cc(N)ccc1/C=C/c1ccc(/C=C/c2ccc(N)cc2S(=O)(=O)O)cc1. The molecule has 0 aliphatic carbocycles. The summed E-state index contributed by atoms with van der Waals surface area (Å²) < 4.78 is 32.5. The fourth-order valence-corrected chi connectivity index (χ4v) is 3.61. The predicted molar refractivity (Wildman–Crippen MR) is 121 cm³/mol. The number of aryl methyl sites for hydroxylation is 1. The third-order valence-corrected chi connectivity index (χ3v) is 5.37. The van der Waals surface area contributed by atoms with Crippen LogP contribution in [0.3, 0.4) is 0 Å². The van der Waals surface area contributed by atoms with E-state index in [1.54, 1.807) is 24.3 Å². The average Bonchev–Trinajstić information content (AvgIpc) is 2.66. The minimum absolute atomic E-state index is 0.216. The highest BCUT2D eigenvalue weighted by Gasteiger charge is 2.14. The number of rotatable bonds is 5. The molecule has 3 aromatic rings. The average molecular weight is 407 g/mol. The normalized spacial score (nSPS) is 12.1. The highest BCUT2D eigenvalue weighted by molar-refractivity contribution is 7.86. The van der Waals surface area contributed by atoms with Crippen LogP contribution in [0.15, 0.2) is 65.6 Å². The van der Waals surface area contributed by atoms with Crippen molar-refractivity contribution in [1.29, 1.82) is 0 Å². The molecular formula is C23H22N2O3S. The first-order chi connectivity index (χ1) is 13.7. The topological polar surface area (TPSA) is 106 Å². The molecule has 148 valence electrons. The molecule has 0 bridgehead atoms. The Hall–Kier alpha value is -3.35. The van der Waals surface area contributed by atoms with Gasteiger partial charge in [-0.3, -0.25) is 4.55 Å². The van der Waals surface area contributed by atoms with Gasteiger partial charge in [0.25, 0.3) is 10.1 Å². The van der Waals surface area contributed by atoms with E-state index in [0.717, 1.165) is 27.9 Å². The summed E-state index contributed by atoms with van der Waals surface area (Å²) in [5.74, 6) is 0. The van der Waals surface area contributed by atoms with Crippen LogP contribution in [0.25, 0.3) is 24.3 Å². The lowest BCUT2D eigenvalue weighted by Gasteiger charge is -2.04. The van der Waals surface area contributed by atoms with Gasteiger partial charge in [0.1, 0.15) is 4.90 Å². The largest absolute Gasteiger partial charge is 0.399 e. The Morgan fingerprint density at radius 2 is 1.21 bits per heavy atom. The second-order valence-electron chi connectivity index (χ2n) is 6.72. The van der Waals surface area contributed by atoms with Crippen molar-refractivity contribution in [3.05, 3.63) is 88.5 Å². The van der Waals surface area contributed by atoms with Crippen molar-refractivity contribution in [3.63, 3.8) is 0 Å². The van der Waals surface area contributed by atoms with Crippen molar-refractivity contribution in [3.8, 4) is 0 Å². The van der Waals surface area contributed by atoms with E-state index in [4.69, 9.17) is 11.5 Å². The quantitative estimate of drug-likeness (QED) is 0.322. The van der Waals surface area contributed by atoms with Crippen molar-refractivity contribution in [2.75, 3.05) is 11.5 Å². The predicted octanol–water partition coefficient (Wildman–Crippen LogP) is 4.75. The van der Waals surface area contributed by atoms with Crippen LogP contribution in [-0.4, -0.2) is 13.0 Å². The molecule has 0 amide bonds. The maximum absolute atomic E-state index is 11.5. The van der Waals surface area contributed by atoms with Crippen LogP contribution >= 0.6 is 0 Å². The molecule has 0 saturated carbocycles. The molecule has 6 heteroatoms. The zero-order chi connectivity index (χ0) is 21.0. The molecule has 5 nitrogen and oxygen atoms in total. The van der Waals surface area contributed by atoms with E-state index in [2.05, 4.69) is 0 Å². The van der Waals surface area contributed by atoms with E-state index in [1.807, 2.05) is 61.5 Å². The Morgan fingerprint density at radius 1 is 0.724 bits per heavy atom. The second-order valence-corrected chi connectivity index (χ2v) is 8.11. The van der Waals surface area contributed by atoms with Gasteiger partial charge < -0.3 is 11.5 Å². The van der Waals surface area contributed by atoms with Gasteiger partial charge in [-0.05, 0) is 59.0 Å². The van der Waals surface area contributed by atoms with E-state index in [1.165, 1.54) is 6.07 Å². The second kappa shape index (κ2) is 8.34. The Labute approximate surface area is 170 Å². The molecule has 29 heavy (non-hydrogen) atoms. The van der Waals surface area contributed by atoms with Gasteiger partial charge in [-0.1, -0.05) is 60.7 Å². The lowest BCUT2D eigenvalue weighted by Crippen LogP contribution is -2.02. The summed E-state index contributed by atoms with van der Waals surface area (Å²) >= 11 is 0. The smallest absolute Gasteiger partial charge is 0.295 e. The molecule has 0 atom stereocenters. The summed E-state index contributed by atoms with van der Waals surface area (Å²) in [6.45, 7) is 2.02. The van der Waals surface area contributed by atoms with Crippen molar-refractivity contribution < 1.29 is 13.0 Å². The first kappa shape index (κ1) is 20.4. The van der Waals surface area contributed by atoms with Gasteiger partial charge in [-0.2, -0.15) is 8.42 Å². The van der Waals surface area contributed by atoms with Gasteiger partial charge in [-0.25, -0.2) is 0 Å². The molecule has 0 saturated heterocycles. The minimum atomic E-state index is -4.36. The summed E-state index contributed by atoms with van der Waals surface area (Å²) in [6.07, 6.45) is 7.46. The van der Waals surface area contributed by atoms with Gasteiger partial charge in [0, 0.05) is 11.4 Å². The number of anilines is 2. The molecule has 0 aliphatic heterocycles. The highest BCUT2D eigenvalue weighted by Crippen LogP contribution is 2.22. The maximum atomic E-state index is 11.5. The van der Waals surface area contributed by atoms with E-state index < -0.39 is 10.1 Å². The van der Waals surface area contributed by atoms with Gasteiger partial charge in [0.2, 0.25) is 0 Å². The van der Waals surface area contributed by atoms with Crippen molar-refractivity contribution in [2.24, 2.45) is 0 Å². The fourth-order valence-electron chi connectivity index (χ4n) is 2.89. The number of hydrogen-bond donors (Lipinski definition) is 3. The van der Waals surface area contributed by atoms with Crippen LogP contribution < -0.4 is 11.5 Å². The Balaban J connectivity index is 1.79. The molecule has 3 aromatic carbocycles. The summed E-state index contributed by atoms with van der Waals surface area (Å²) in [4.78, 5) is -0.216. The number of hydrogen-bond acceptors (Lipinski definition) is 4. The molecule has 0 fully saturated rings. The molecule has 0 spiro atoms. The minimum Gasteiger partial charge on any atom is -0.399 e. The van der Waals surface area contributed by atoms with Crippen LogP contribution in [0, 0.1) is 6.92 Å². The Kier molecular flexibility index (Phi) is 5.87. The van der Waals surface area contributed by atoms with E-state index >= 15 is 0 Å². The van der Waals surface area contributed by atoms with E-state index in [-0.39, 0.29) is 10.6 Å². The van der Waals surface area contributed by atoms with Crippen LogP contribution in [0.2, 0.25) is 0 Å². The highest BCUT2D eigenvalue weighted by atomic mass is 32.2. The van der Waals surface area contributed by atoms with Crippen LogP contribution in [-0.2, 0) is 10.1 Å². The third kappa shape index (κ3) is 5.34. The fraction of sp³-hybridized carbons (Fsp3) is 0.0435. The monoisotopic (exact) mass is 406 g/mol. The van der Waals surface area contributed by atoms with E-state index in [0.29, 0.717) is 5.56 Å². The Bertz CT molecular complexity index is 1200. The first-order valence-electron chi connectivity index (χ1n) is 8.92. The summed E-state index contributed by atoms with van der Waals surface area (Å²) in [5, 5.41) is 0. The lowest BCUT2D eigenvalue weighted by atomic mass is 10.1.